The molecule has 1 atom stereocenters. The van der Waals surface area contributed by atoms with Crippen molar-refractivity contribution >= 4 is 10.9 Å². The predicted octanol–water partition coefficient (Wildman–Crippen LogP) is 2.65. The van der Waals surface area contributed by atoms with Gasteiger partial charge in [-0.1, -0.05) is 0 Å². The fourth-order valence-electron chi connectivity index (χ4n) is 2.97. The largest absolute Gasteiger partial charge is 0.497 e. The summed E-state index contributed by atoms with van der Waals surface area (Å²) in [4.78, 5) is 0. The van der Waals surface area contributed by atoms with Crippen molar-refractivity contribution in [2.45, 2.75) is 18.8 Å². The molecule has 0 radical (unpaired) electrons. The van der Waals surface area contributed by atoms with Gasteiger partial charge in [0.25, 0.3) is 0 Å². The van der Waals surface area contributed by atoms with Crippen LogP contribution in [0, 0.1) is 0 Å². The highest BCUT2D eigenvalue weighted by atomic mass is 16.5. The molecule has 3 rings (SSSR count). The number of rotatable bonds is 2. The van der Waals surface area contributed by atoms with Gasteiger partial charge in [-0.2, -0.15) is 0 Å². The van der Waals surface area contributed by atoms with Gasteiger partial charge in [-0.05, 0) is 49.1 Å². The summed E-state index contributed by atoms with van der Waals surface area (Å²) in [7, 11) is 3.85. The zero-order valence-electron chi connectivity index (χ0n) is 11.1. The summed E-state index contributed by atoms with van der Waals surface area (Å²) in [6, 6.07) is 6.35. The monoisotopic (exact) mass is 244 g/mol. The summed E-state index contributed by atoms with van der Waals surface area (Å²) < 4.78 is 7.57. The Bertz CT molecular complexity index is 553. The summed E-state index contributed by atoms with van der Waals surface area (Å²) in [5.74, 6) is 1.58. The molecule has 0 amide bonds. The molecule has 18 heavy (non-hydrogen) atoms. The Labute approximate surface area is 108 Å². The average Bonchev–Trinajstić information content (AvgIpc) is 2.76. The SMILES string of the molecule is COc1ccc2c(c1)c(C1CCCNC1)cn2C. The fourth-order valence-corrected chi connectivity index (χ4v) is 2.97. The molecule has 1 unspecified atom stereocenters. The molecule has 0 saturated carbocycles. The van der Waals surface area contributed by atoms with Crippen LogP contribution >= 0.6 is 0 Å². The minimum Gasteiger partial charge on any atom is -0.497 e. The maximum Gasteiger partial charge on any atom is 0.119 e. The molecule has 2 aromatic rings. The summed E-state index contributed by atoms with van der Waals surface area (Å²) in [5.41, 5.74) is 2.75. The minimum absolute atomic E-state index is 0.634. The Kier molecular flexibility index (Phi) is 3.00. The van der Waals surface area contributed by atoms with Crippen molar-refractivity contribution in [2.24, 2.45) is 7.05 Å². The van der Waals surface area contributed by atoms with Crippen LogP contribution in [0.25, 0.3) is 10.9 Å². The first-order chi connectivity index (χ1) is 8.79. The van der Waals surface area contributed by atoms with Gasteiger partial charge in [0.1, 0.15) is 5.75 Å². The molecular formula is C15H20N2O. The third-order valence-corrected chi connectivity index (χ3v) is 3.96. The second-order valence-corrected chi connectivity index (χ2v) is 5.12. The molecule has 0 aliphatic carbocycles. The molecule has 1 N–H and O–H groups in total. The van der Waals surface area contributed by atoms with Crippen LogP contribution in [0.4, 0.5) is 0 Å². The number of aryl methyl sites for hydroxylation is 1. The molecular weight excluding hydrogens is 224 g/mol. The molecule has 1 fully saturated rings. The van der Waals surface area contributed by atoms with Gasteiger partial charge in [-0.15, -0.1) is 0 Å². The molecule has 2 heterocycles. The number of benzene rings is 1. The lowest BCUT2D eigenvalue weighted by Crippen LogP contribution is -2.28. The van der Waals surface area contributed by atoms with Crippen LogP contribution in [-0.4, -0.2) is 24.8 Å². The third kappa shape index (κ3) is 1.89. The maximum absolute atomic E-state index is 5.35. The number of hydrogen-bond acceptors (Lipinski definition) is 2. The minimum atomic E-state index is 0.634. The van der Waals surface area contributed by atoms with Crippen LogP contribution in [0.2, 0.25) is 0 Å². The Balaban J connectivity index is 2.09. The molecule has 0 spiro atoms. The van der Waals surface area contributed by atoms with Crippen molar-refractivity contribution in [3.63, 3.8) is 0 Å². The van der Waals surface area contributed by atoms with E-state index in [2.05, 4.69) is 35.3 Å². The van der Waals surface area contributed by atoms with E-state index in [-0.39, 0.29) is 0 Å². The van der Waals surface area contributed by atoms with E-state index in [4.69, 9.17) is 4.74 Å². The van der Waals surface area contributed by atoms with Crippen LogP contribution in [0.5, 0.6) is 5.75 Å². The normalized spacial score (nSPS) is 20.2. The summed E-state index contributed by atoms with van der Waals surface area (Å²) in [6.07, 6.45) is 4.83. The van der Waals surface area contributed by atoms with E-state index >= 15 is 0 Å². The molecule has 1 saturated heterocycles. The third-order valence-electron chi connectivity index (χ3n) is 3.96. The van der Waals surface area contributed by atoms with E-state index in [0.29, 0.717) is 5.92 Å². The topological polar surface area (TPSA) is 26.2 Å². The van der Waals surface area contributed by atoms with Crippen molar-refractivity contribution in [2.75, 3.05) is 20.2 Å². The van der Waals surface area contributed by atoms with Gasteiger partial charge in [0.2, 0.25) is 0 Å². The van der Waals surface area contributed by atoms with Crippen molar-refractivity contribution in [3.05, 3.63) is 30.0 Å². The van der Waals surface area contributed by atoms with Crippen LogP contribution < -0.4 is 10.1 Å². The molecule has 1 aliphatic heterocycles. The van der Waals surface area contributed by atoms with Crippen molar-refractivity contribution in [1.29, 1.82) is 0 Å². The summed E-state index contributed by atoms with van der Waals surface area (Å²) >= 11 is 0. The zero-order valence-corrected chi connectivity index (χ0v) is 11.1. The number of methoxy groups -OCH3 is 1. The molecule has 1 aromatic carbocycles. The van der Waals surface area contributed by atoms with E-state index in [1.807, 2.05) is 6.07 Å². The van der Waals surface area contributed by atoms with Gasteiger partial charge in [0.05, 0.1) is 7.11 Å². The summed E-state index contributed by atoms with van der Waals surface area (Å²) in [5, 5.41) is 4.83. The number of nitrogens with one attached hydrogen (secondary N) is 1. The number of ether oxygens (including phenoxy) is 1. The Hall–Kier alpha value is -1.48. The van der Waals surface area contributed by atoms with Gasteiger partial charge < -0.3 is 14.6 Å². The molecule has 3 heteroatoms. The van der Waals surface area contributed by atoms with Crippen LogP contribution in [0.3, 0.4) is 0 Å². The Morgan fingerprint density at radius 3 is 3.00 bits per heavy atom. The number of piperidine rings is 1. The number of nitrogens with zero attached hydrogens (tertiary/aromatic N) is 1. The van der Waals surface area contributed by atoms with E-state index in [9.17, 15) is 0 Å². The van der Waals surface area contributed by atoms with E-state index < -0.39 is 0 Å². The standard InChI is InChI=1S/C15H20N2O/c1-17-10-14(11-4-3-7-16-9-11)13-8-12(18-2)5-6-15(13)17/h5-6,8,10-11,16H,3-4,7,9H2,1-2H3. The average molecular weight is 244 g/mol. The van der Waals surface area contributed by atoms with Crippen molar-refractivity contribution in [1.82, 2.24) is 9.88 Å². The van der Waals surface area contributed by atoms with Crippen LogP contribution in [0.15, 0.2) is 24.4 Å². The summed E-state index contributed by atoms with van der Waals surface area (Å²) in [6.45, 7) is 2.25. The van der Waals surface area contributed by atoms with E-state index in [0.717, 1.165) is 18.8 Å². The highest BCUT2D eigenvalue weighted by molar-refractivity contribution is 5.86. The molecule has 3 nitrogen and oxygen atoms in total. The quantitative estimate of drug-likeness (QED) is 0.879. The van der Waals surface area contributed by atoms with Crippen LogP contribution in [-0.2, 0) is 7.05 Å². The van der Waals surface area contributed by atoms with Gasteiger partial charge in [-0.25, -0.2) is 0 Å². The first-order valence-electron chi connectivity index (χ1n) is 6.63. The number of fused-ring (bicyclic) bond motifs is 1. The van der Waals surface area contributed by atoms with Gasteiger partial charge in [0.15, 0.2) is 0 Å². The lowest BCUT2D eigenvalue weighted by atomic mass is 9.91. The van der Waals surface area contributed by atoms with Gasteiger partial charge in [-0.3, -0.25) is 0 Å². The zero-order chi connectivity index (χ0) is 12.5. The van der Waals surface area contributed by atoms with Gasteiger partial charge in [0, 0.05) is 30.7 Å². The van der Waals surface area contributed by atoms with Crippen molar-refractivity contribution in [3.8, 4) is 5.75 Å². The number of hydrogen-bond donors (Lipinski definition) is 1. The predicted molar refractivity (Wildman–Crippen MR) is 74.3 cm³/mol. The van der Waals surface area contributed by atoms with Gasteiger partial charge >= 0.3 is 0 Å². The second-order valence-electron chi connectivity index (χ2n) is 5.12. The highest BCUT2D eigenvalue weighted by Gasteiger charge is 2.19. The molecule has 1 aliphatic rings. The second kappa shape index (κ2) is 4.65. The first-order valence-corrected chi connectivity index (χ1v) is 6.63. The number of aromatic nitrogens is 1. The Morgan fingerprint density at radius 1 is 1.39 bits per heavy atom. The Morgan fingerprint density at radius 2 is 2.28 bits per heavy atom. The lowest BCUT2D eigenvalue weighted by Gasteiger charge is -2.22. The maximum atomic E-state index is 5.35. The van der Waals surface area contributed by atoms with E-state index in [1.165, 1.54) is 29.3 Å². The lowest BCUT2D eigenvalue weighted by molar-refractivity contribution is 0.415. The molecule has 0 bridgehead atoms. The molecule has 1 aromatic heterocycles. The van der Waals surface area contributed by atoms with E-state index in [1.54, 1.807) is 7.11 Å². The van der Waals surface area contributed by atoms with Crippen LogP contribution in [0.1, 0.15) is 24.3 Å². The van der Waals surface area contributed by atoms with Crippen molar-refractivity contribution < 1.29 is 4.74 Å². The first kappa shape index (κ1) is 11.6. The smallest absolute Gasteiger partial charge is 0.119 e. The molecule has 96 valence electrons. The fraction of sp³-hybridized carbons (Fsp3) is 0.467. The highest BCUT2D eigenvalue weighted by Crippen LogP contribution is 2.33.